The van der Waals surface area contributed by atoms with E-state index in [1.807, 2.05) is 30.3 Å². The number of nitrogens with one attached hydrogen (secondary N) is 1. The molecule has 0 bridgehead atoms. The molecule has 2 aliphatic rings. The highest BCUT2D eigenvalue weighted by Crippen LogP contribution is 2.43. The van der Waals surface area contributed by atoms with Gasteiger partial charge in [0.15, 0.2) is 0 Å². The molecule has 2 unspecified atom stereocenters. The van der Waals surface area contributed by atoms with Crippen LogP contribution in [0.25, 0.3) is 0 Å². The van der Waals surface area contributed by atoms with Crippen LogP contribution in [0.2, 0.25) is 0 Å². The number of aliphatic hydroxyl groups excluding tert-OH is 1. The van der Waals surface area contributed by atoms with Crippen molar-refractivity contribution in [3.63, 3.8) is 0 Å². The Bertz CT molecular complexity index is 482. The average molecular weight is 270 g/mol. The summed E-state index contributed by atoms with van der Waals surface area (Å²) in [6, 6.07) is 11.9. The normalized spacial score (nSPS) is 34.2. The van der Waals surface area contributed by atoms with Crippen LogP contribution < -0.4 is 5.32 Å². The molecule has 0 spiro atoms. The number of aliphatic hydroxyl groups is 1. The summed E-state index contributed by atoms with van der Waals surface area (Å²) < 4.78 is 0. The minimum Gasteiger partial charge on any atom is -0.391 e. The van der Waals surface area contributed by atoms with Gasteiger partial charge < -0.3 is 5.11 Å². The van der Waals surface area contributed by atoms with Gasteiger partial charge in [-0.2, -0.15) is 5.26 Å². The van der Waals surface area contributed by atoms with E-state index in [4.69, 9.17) is 0 Å². The van der Waals surface area contributed by atoms with Crippen molar-refractivity contribution >= 4 is 0 Å². The van der Waals surface area contributed by atoms with E-state index in [1.54, 1.807) is 0 Å². The summed E-state index contributed by atoms with van der Waals surface area (Å²) in [7, 11) is 0. The first-order valence-corrected chi connectivity index (χ1v) is 7.68. The predicted octanol–water partition coefficient (Wildman–Crippen LogP) is 2.78. The van der Waals surface area contributed by atoms with E-state index in [9.17, 15) is 10.4 Å². The highest BCUT2D eigenvalue weighted by Gasteiger charge is 2.43. The van der Waals surface area contributed by atoms with E-state index in [0.717, 1.165) is 12.0 Å². The van der Waals surface area contributed by atoms with E-state index in [1.165, 1.54) is 25.7 Å². The molecule has 3 rings (SSSR count). The van der Waals surface area contributed by atoms with Crippen molar-refractivity contribution in [2.75, 3.05) is 0 Å². The summed E-state index contributed by atoms with van der Waals surface area (Å²) in [5.41, 5.74) is 0.987. The van der Waals surface area contributed by atoms with Crippen LogP contribution in [0.15, 0.2) is 30.3 Å². The SMILES string of the molecule is N#C[C@@H](N[C@H]1C2CCCCC2C[C@H]1O)c1ccccc1. The van der Waals surface area contributed by atoms with E-state index in [-0.39, 0.29) is 18.2 Å². The molecular weight excluding hydrogens is 248 g/mol. The van der Waals surface area contributed by atoms with Crippen LogP contribution >= 0.6 is 0 Å². The van der Waals surface area contributed by atoms with Crippen molar-refractivity contribution in [1.82, 2.24) is 5.32 Å². The Balaban J connectivity index is 1.74. The zero-order valence-corrected chi connectivity index (χ0v) is 11.7. The Morgan fingerprint density at radius 2 is 1.95 bits per heavy atom. The monoisotopic (exact) mass is 270 g/mol. The number of fused-ring (bicyclic) bond motifs is 1. The van der Waals surface area contributed by atoms with Crippen LogP contribution in [0.5, 0.6) is 0 Å². The second-order valence-corrected chi connectivity index (χ2v) is 6.18. The molecule has 0 aliphatic heterocycles. The first kappa shape index (κ1) is 13.6. The molecule has 0 heterocycles. The van der Waals surface area contributed by atoms with Crippen molar-refractivity contribution in [3.8, 4) is 6.07 Å². The molecule has 106 valence electrons. The second-order valence-electron chi connectivity index (χ2n) is 6.18. The third-order valence-corrected chi connectivity index (χ3v) is 5.01. The van der Waals surface area contributed by atoms with Gasteiger partial charge in [0.1, 0.15) is 6.04 Å². The third kappa shape index (κ3) is 2.59. The number of hydrogen-bond donors (Lipinski definition) is 2. The van der Waals surface area contributed by atoms with Crippen molar-refractivity contribution in [1.29, 1.82) is 5.26 Å². The fourth-order valence-corrected chi connectivity index (χ4v) is 4.02. The van der Waals surface area contributed by atoms with Gasteiger partial charge in [-0.3, -0.25) is 5.32 Å². The maximum Gasteiger partial charge on any atom is 0.121 e. The molecule has 0 aromatic heterocycles. The maximum absolute atomic E-state index is 10.3. The molecule has 1 aromatic rings. The van der Waals surface area contributed by atoms with Gasteiger partial charge in [-0.1, -0.05) is 49.6 Å². The molecule has 0 amide bonds. The van der Waals surface area contributed by atoms with Crippen molar-refractivity contribution in [3.05, 3.63) is 35.9 Å². The fourth-order valence-electron chi connectivity index (χ4n) is 4.02. The van der Waals surface area contributed by atoms with Gasteiger partial charge in [0.05, 0.1) is 12.2 Å². The van der Waals surface area contributed by atoms with Gasteiger partial charge in [-0.15, -0.1) is 0 Å². The lowest BCUT2D eigenvalue weighted by atomic mass is 9.80. The molecule has 1 aromatic carbocycles. The van der Waals surface area contributed by atoms with Gasteiger partial charge in [-0.05, 0) is 30.2 Å². The fraction of sp³-hybridized carbons (Fsp3) is 0.588. The largest absolute Gasteiger partial charge is 0.391 e. The molecule has 0 radical (unpaired) electrons. The van der Waals surface area contributed by atoms with Crippen LogP contribution in [0, 0.1) is 23.2 Å². The Morgan fingerprint density at radius 1 is 1.20 bits per heavy atom. The first-order chi connectivity index (χ1) is 9.79. The zero-order chi connectivity index (χ0) is 13.9. The third-order valence-electron chi connectivity index (χ3n) is 5.01. The van der Waals surface area contributed by atoms with Gasteiger partial charge in [0.25, 0.3) is 0 Å². The first-order valence-electron chi connectivity index (χ1n) is 7.68. The summed E-state index contributed by atoms with van der Waals surface area (Å²) in [5, 5.41) is 23.2. The molecule has 20 heavy (non-hydrogen) atoms. The van der Waals surface area contributed by atoms with Gasteiger partial charge in [-0.25, -0.2) is 0 Å². The van der Waals surface area contributed by atoms with E-state index < -0.39 is 0 Å². The van der Waals surface area contributed by atoms with Gasteiger partial charge in [0, 0.05) is 6.04 Å². The summed E-state index contributed by atoms with van der Waals surface area (Å²) >= 11 is 0. The molecule has 2 saturated carbocycles. The maximum atomic E-state index is 10.3. The summed E-state index contributed by atoms with van der Waals surface area (Å²) in [6.45, 7) is 0. The molecule has 2 aliphatic carbocycles. The highest BCUT2D eigenvalue weighted by atomic mass is 16.3. The lowest BCUT2D eigenvalue weighted by molar-refractivity contribution is 0.132. The van der Waals surface area contributed by atoms with E-state index in [2.05, 4.69) is 11.4 Å². The molecule has 0 saturated heterocycles. The number of nitriles is 1. The standard InChI is InChI=1S/C17H22N2O/c18-11-15(12-6-2-1-3-7-12)19-17-14-9-5-4-8-13(14)10-16(17)20/h1-3,6-7,13-17,19-20H,4-5,8-10H2/t13?,14?,15-,16-,17+/m1/s1. The van der Waals surface area contributed by atoms with Crippen molar-refractivity contribution in [2.24, 2.45) is 11.8 Å². The molecule has 2 fully saturated rings. The minimum absolute atomic E-state index is 0.0742. The second kappa shape index (κ2) is 5.95. The van der Waals surface area contributed by atoms with Gasteiger partial charge >= 0.3 is 0 Å². The molecule has 5 atom stereocenters. The lowest BCUT2D eigenvalue weighted by Crippen LogP contribution is -2.43. The molecule has 3 heteroatoms. The number of benzene rings is 1. The van der Waals surface area contributed by atoms with E-state index in [0.29, 0.717) is 11.8 Å². The summed E-state index contributed by atoms with van der Waals surface area (Å²) in [6.07, 6.45) is 5.57. The summed E-state index contributed by atoms with van der Waals surface area (Å²) in [5.74, 6) is 1.18. The lowest BCUT2D eigenvalue weighted by Gasteiger charge is -2.31. The van der Waals surface area contributed by atoms with Crippen LogP contribution in [-0.4, -0.2) is 17.3 Å². The summed E-state index contributed by atoms with van der Waals surface area (Å²) in [4.78, 5) is 0. The molecule has 2 N–H and O–H groups in total. The average Bonchev–Trinajstić information content (AvgIpc) is 2.81. The molecule has 3 nitrogen and oxygen atoms in total. The highest BCUT2D eigenvalue weighted by molar-refractivity contribution is 5.24. The Hall–Kier alpha value is -1.37. The van der Waals surface area contributed by atoms with Crippen molar-refractivity contribution < 1.29 is 5.11 Å². The van der Waals surface area contributed by atoms with Crippen LogP contribution in [0.1, 0.15) is 43.7 Å². The topological polar surface area (TPSA) is 56.0 Å². The number of nitrogens with zero attached hydrogens (tertiary/aromatic N) is 1. The Labute approximate surface area is 120 Å². The quantitative estimate of drug-likeness (QED) is 0.888. The van der Waals surface area contributed by atoms with Crippen LogP contribution in [0.4, 0.5) is 0 Å². The van der Waals surface area contributed by atoms with Crippen LogP contribution in [0.3, 0.4) is 0 Å². The number of rotatable bonds is 3. The molecular formula is C17H22N2O. The minimum atomic E-state index is -0.323. The smallest absolute Gasteiger partial charge is 0.121 e. The van der Waals surface area contributed by atoms with E-state index >= 15 is 0 Å². The Kier molecular flexibility index (Phi) is 4.05. The van der Waals surface area contributed by atoms with Crippen molar-refractivity contribution in [2.45, 2.75) is 50.3 Å². The Morgan fingerprint density at radius 3 is 2.70 bits per heavy atom. The zero-order valence-electron chi connectivity index (χ0n) is 11.7. The van der Waals surface area contributed by atoms with Gasteiger partial charge in [0.2, 0.25) is 0 Å². The van der Waals surface area contributed by atoms with Crippen LogP contribution in [-0.2, 0) is 0 Å². The number of hydrogen-bond acceptors (Lipinski definition) is 3. The predicted molar refractivity (Wildman–Crippen MR) is 77.8 cm³/mol.